The summed E-state index contributed by atoms with van der Waals surface area (Å²) >= 11 is 0. The van der Waals surface area contributed by atoms with Crippen molar-refractivity contribution in [3.8, 4) is 0 Å². The maximum atomic E-state index is 10.7. The lowest BCUT2D eigenvalue weighted by Crippen LogP contribution is -2.64. The van der Waals surface area contributed by atoms with E-state index < -0.39 is 54.6 Å². The summed E-state index contributed by atoms with van der Waals surface area (Å²) in [6.45, 7) is 1.00. The Bertz CT molecular complexity index is 500. The molecule has 0 bridgehead atoms. The van der Waals surface area contributed by atoms with Crippen LogP contribution in [0.25, 0.3) is 0 Å². The first kappa shape index (κ1) is 22.3. The predicted molar refractivity (Wildman–Crippen MR) is 95.9 cm³/mol. The summed E-state index contributed by atoms with van der Waals surface area (Å²) in [7, 11) is 0. The van der Waals surface area contributed by atoms with Crippen LogP contribution in [0.5, 0.6) is 0 Å². The maximum Gasteiger partial charge on any atom is 0.194 e. The van der Waals surface area contributed by atoms with Crippen LogP contribution in [-0.4, -0.2) is 92.6 Å². The van der Waals surface area contributed by atoms with Crippen molar-refractivity contribution in [2.24, 2.45) is 11.8 Å². The standard InChI is InChI=1S/C19H34O9/c1-10-13(8-20)27-18(15(23)14(10)22)28-16-12(21)9-26-19(25,17(16)24)7-3-2-4-11-5-6-11/h10-18,20-25H,2-9H2,1H3. The van der Waals surface area contributed by atoms with Gasteiger partial charge in [0.25, 0.3) is 0 Å². The second-order valence-electron chi connectivity index (χ2n) is 8.52. The molecule has 9 heteroatoms. The Labute approximate surface area is 164 Å². The van der Waals surface area contributed by atoms with Gasteiger partial charge >= 0.3 is 0 Å². The molecule has 1 aliphatic carbocycles. The van der Waals surface area contributed by atoms with E-state index in [0.717, 1.165) is 18.8 Å². The van der Waals surface area contributed by atoms with Crippen LogP contribution in [0.3, 0.4) is 0 Å². The molecule has 2 aliphatic heterocycles. The number of ether oxygens (including phenoxy) is 3. The quantitative estimate of drug-likeness (QED) is 0.275. The smallest absolute Gasteiger partial charge is 0.194 e. The molecule has 28 heavy (non-hydrogen) atoms. The van der Waals surface area contributed by atoms with E-state index in [9.17, 15) is 30.6 Å². The van der Waals surface area contributed by atoms with E-state index in [-0.39, 0.29) is 19.6 Å². The molecule has 0 spiro atoms. The van der Waals surface area contributed by atoms with Crippen LogP contribution in [0.15, 0.2) is 0 Å². The van der Waals surface area contributed by atoms with Crippen LogP contribution < -0.4 is 0 Å². The number of aliphatic hydroxyl groups excluding tert-OH is 5. The molecule has 9 unspecified atom stereocenters. The summed E-state index contributed by atoms with van der Waals surface area (Å²) < 4.78 is 16.4. The summed E-state index contributed by atoms with van der Waals surface area (Å²) in [6.07, 6.45) is -3.45. The number of aliphatic hydroxyl groups is 6. The minimum Gasteiger partial charge on any atom is -0.394 e. The molecule has 0 aromatic carbocycles. The third-order valence-corrected chi connectivity index (χ3v) is 6.28. The number of hydrogen-bond acceptors (Lipinski definition) is 9. The molecule has 0 amide bonds. The minimum atomic E-state index is -1.87. The van der Waals surface area contributed by atoms with Crippen molar-refractivity contribution in [3.63, 3.8) is 0 Å². The Morgan fingerprint density at radius 1 is 1.07 bits per heavy atom. The molecule has 9 nitrogen and oxygen atoms in total. The first-order valence-electron chi connectivity index (χ1n) is 10.3. The monoisotopic (exact) mass is 406 g/mol. The molecule has 6 N–H and O–H groups in total. The number of rotatable bonds is 8. The van der Waals surface area contributed by atoms with Crippen LogP contribution in [0.4, 0.5) is 0 Å². The van der Waals surface area contributed by atoms with Crippen molar-refractivity contribution >= 4 is 0 Å². The van der Waals surface area contributed by atoms with E-state index in [2.05, 4.69) is 0 Å². The second-order valence-corrected chi connectivity index (χ2v) is 8.52. The van der Waals surface area contributed by atoms with E-state index in [0.29, 0.717) is 6.42 Å². The van der Waals surface area contributed by atoms with Gasteiger partial charge in [0.2, 0.25) is 0 Å². The van der Waals surface area contributed by atoms with E-state index in [1.807, 2.05) is 0 Å². The molecule has 2 heterocycles. The molecular formula is C19H34O9. The van der Waals surface area contributed by atoms with Gasteiger partial charge < -0.3 is 44.8 Å². The molecule has 9 atom stereocenters. The topological polar surface area (TPSA) is 149 Å². The fourth-order valence-corrected chi connectivity index (χ4v) is 4.03. The van der Waals surface area contributed by atoms with Gasteiger partial charge in [-0.3, -0.25) is 0 Å². The zero-order chi connectivity index (χ0) is 20.5. The fraction of sp³-hybridized carbons (Fsp3) is 1.00. The van der Waals surface area contributed by atoms with Gasteiger partial charge in [0.05, 0.1) is 25.4 Å². The summed E-state index contributed by atoms with van der Waals surface area (Å²) in [5.41, 5.74) is 0. The van der Waals surface area contributed by atoms with Gasteiger partial charge in [-0.2, -0.15) is 0 Å². The average Bonchev–Trinajstić information content (AvgIpc) is 3.50. The Balaban J connectivity index is 1.60. The van der Waals surface area contributed by atoms with Crippen molar-refractivity contribution in [2.75, 3.05) is 13.2 Å². The van der Waals surface area contributed by atoms with Crippen LogP contribution in [0, 0.1) is 11.8 Å². The third kappa shape index (κ3) is 4.85. The molecule has 1 saturated carbocycles. The zero-order valence-electron chi connectivity index (χ0n) is 16.3. The van der Waals surface area contributed by atoms with Crippen molar-refractivity contribution in [1.82, 2.24) is 0 Å². The van der Waals surface area contributed by atoms with E-state index in [1.54, 1.807) is 6.92 Å². The number of unbranched alkanes of at least 4 members (excludes halogenated alkanes) is 1. The lowest BCUT2D eigenvalue weighted by Gasteiger charge is -2.47. The normalized spacial score (nSPS) is 47.2. The lowest BCUT2D eigenvalue weighted by atomic mass is 9.90. The molecule has 164 valence electrons. The summed E-state index contributed by atoms with van der Waals surface area (Å²) in [4.78, 5) is 0. The molecule has 3 aliphatic rings. The van der Waals surface area contributed by atoms with Gasteiger partial charge in [0, 0.05) is 12.3 Å². The Morgan fingerprint density at radius 2 is 1.79 bits per heavy atom. The van der Waals surface area contributed by atoms with E-state index in [1.165, 1.54) is 12.8 Å². The Kier molecular flexibility index (Phi) is 7.33. The van der Waals surface area contributed by atoms with Crippen LogP contribution in [0.2, 0.25) is 0 Å². The lowest BCUT2D eigenvalue weighted by molar-refractivity contribution is -0.367. The van der Waals surface area contributed by atoms with Crippen LogP contribution in [0.1, 0.15) is 45.4 Å². The van der Waals surface area contributed by atoms with Gasteiger partial charge in [0.15, 0.2) is 12.1 Å². The molecule has 0 aromatic rings. The Morgan fingerprint density at radius 3 is 2.43 bits per heavy atom. The van der Waals surface area contributed by atoms with Gasteiger partial charge in [-0.15, -0.1) is 0 Å². The van der Waals surface area contributed by atoms with Crippen molar-refractivity contribution in [3.05, 3.63) is 0 Å². The second kappa shape index (κ2) is 9.20. The van der Waals surface area contributed by atoms with Gasteiger partial charge in [0.1, 0.15) is 24.4 Å². The summed E-state index contributed by atoms with van der Waals surface area (Å²) in [6, 6.07) is 0. The molecule has 0 radical (unpaired) electrons. The van der Waals surface area contributed by atoms with Gasteiger partial charge in [-0.1, -0.05) is 32.6 Å². The summed E-state index contributed by atoms with van der Waals surface area (Å²) in [5, 5.41) is 61.4. The predicted octanol–water partition coefficient (Wildman–Crippen LogP) is -1.14. The summed E-state index contributed by atoms with van der Waals surface area (Å²) in [5.74, 6) is -1.61. The van der Waals surface area contributed by atoms with E-state index >= 15 is 0 Å². The molecule has 0 aromatic heterocycles. The largest absolute Gasteiger partial charge is 0.394 e. The first-order valence-corrected chi connectivity index (χ1v) is 10.3. The van der Waals surface area contributed by atoms with Crippen molar-refractivity contribution in [1.29, 1.82) is 0 Å². The molecular weight excluding hydrogens is 372 g/mol. The third-order valence-electron chi connectivity index (χ3n) is 6.28. The highest BCUT2D eigenvalue weighted by molar-refractivity contribution is 4.95. The SMILES string of the molecule is CC1C(CO)OC(OC2C(O)COC(O)(CCCCC3CC3)C2O)C(O)C1O. The number of hydrogen-bond donors (Lipinski definition) is 6. The van der Waals surface area contributed by atoms with Gasteiger partial charge in [-0.25, -0.2) is 0 Å². The van der Waals surface area contributed by atoms with Crippen LogP contribution in [-0.2, 0) is 14.2 Å². The maximum absolute atomic E-state index is 10.7. The highest BCUT2D eigenvalue weighted by Crippen LogP contribution is 2.36. The van der Waals surface area contributed by atoms with E-state index in [4.69, 9.17) is 14.2 Å². The van der Waals surface area contributed by atoms with Gasteiger partial charge in [-0.05, 0) is 12.3 Å². The average molecular weight is 406 g/mol. The van der Waals surface area contributed by atoms with Crippen molar-refractivity contribution < 1.29 is 44.8 Å². The van der Waals surface area contributed by atoms with Crippen LogP contribution >= 0.6 is 0 Å². The highest BCUT2D eigenvalue weighted by Gasteiger charge is 2.52. The molecule has 2 saturated heterocycles. The zero-order valence-corrected chi connectivity index (χ0v) is 16.3. The molecule has 3 rings (SSSR count). The molecule has 3 fully saturated rings. The van der Waals surface area contributed by atoms with Crippen molar-refractivity contribution in [2.45, 2.75) is 94.1 Å². The highest BCUT2D eigenvalue weighted by atomic mass is 16.7. The minimum absolute atomic E-state index is 0.195. The first-order chi connectivity index (χ1) is 13.3. The fourth-order valence-electron chi connectivity index (χ4n) is 4.03. The Hall–Kier alpha value is -0.360.